The summed E-state index contributed by atoms with van der Waals surface area (Å²) in [4.78, 5) is 0. The number of aromatic nitrogens is 5. The van der Waals surface area contributed by atoms with Gasteiger partial charge in [-0.3, -0.25) is 9.78 Å². The summed E-state index contributed by atoms with van der Waals surface area (Å²) >= 11 is 5.02. The summed E-state index contributed by atoms with van der Waals surface area (Å²) in [5.41, 5.74) is 0.835. The van der Waals surface area contributed by atoms with Crippen molar-refractivity contribution in [3.05, 3.63) is 17.0 Å². The molecule has 0 aliphatic heterocycles. The van der Waals surface area contributed by atoms with Gasteiger partial charge in [-0.2, -0.15) is 10.2 Å². The fraction of sp³-hybridized carbons (Fsp3) is 0.375. The number of hydrogen-bond acceptors (Lipinski definition) is 3. The average Bonchev–Trinajstić information content (AvgIpc) is 2.75. The van der Waals surface area contributed by atoms with Crippen LogP contribution in [0.4, 0.5) is 0 Å². The Morgan fingerprint density at radius 2 is 2.36 bits per heavy atom. The molecule has 0 bridgehead atoms. The zero-order chi connectivity index (χ0) is 10.1. The van der Waals surface area contributed by atoms with Crippen molar-refractivity contribution in [3.8, 4) is 11.5 Å². The summed E-state index contributed by atoms with van der Waals surface area (Å²) in [5.74, 6) is 0.766. The first-order valence-electron chi connectivity index (χ1n) is 4.37. The zero-order valence-corrected chi connectivity index (χ0v) is 8.88. The molecule has 0 saturated heterocycles. The Morgan fingerprint density at radius 3 is 2.86 bits per heavy atom. The van der Waals surface area contributed by atoms with E-state index < -0.39 is 0 Å². The molecule has 0 amide bonds. The van der Waals surface area contributed by atoms with Crippen molar-refractivity contribution in [1.82, 2.24) is 24.5 Å². The van der Waals surface area contributed by atoms with Gasteiger partial charge in [0.05, 0.1) is 0 Å². The van der Waals surface area contributed by atoms with E-state index in [0.29, 0.717) is 4.77 Å². The predicted octanol–water partition coefficient (Wildman–Crippen LogP) is 1.36. The van der Waals surface area contributed by atoms with E-state index in [0.717, 1.165) is 18.1 Å². The average molecular weight is 209 g/mol. The molecule has 1 N–H and O–H groups in total. The molecule has 0 aromatic carbocycles. The van der Waals surface area contributed by atoms with Crippen LogP contribution in [0.25, 0.3) is 11.5 Å². The molecule has 74 valence electrons. The molecule has 0 spiro atoms. The molecule has 14 heavy (non-hydrogen) atoms. The van der Waals surface area contributed by atoms with E-state index in [1.165, 1.54) is 0 Å². The molecule has 5 nitrogen and oxygen atoms in total. The third-order valence-electron chi connectivity index (χ3n) is 2.07. The van der Waals surface area contributed by atoms with E-state index in [1.54, 1.807) is 4.57 Å². The monoisotopic (exact) mass is 209 g/mol. The van der Waals surface area contributed by atoms with Crippen LogP contribution < -0.4 is 0 Å². The van der Waals surface area contributed by atoms with Crippen LogP contribution in [0.2, 0.25) is 0 Å². The van der Waals surface area contributed by atoms with Crippen molar-refractivity contribution in [2.75, 3.05) is 0 Å². The Labute approximate surface area is 86.4 Å². The summed E-state index contributed by atoms with van der Waals surface area (Å²) in [6.45, 7) is 2.90. The number of aryl methyl sites for hydroxylation is 1. The Kier molecular flexibility index (Phi) is 2.20. The van der Waals surface area contributed by atoms with Crippen LogP contribution in [-0.2, 0) is 13.6 Å². The lowest BCUT2D eigenvalue weighted by molar-refractivity contribution is 0.660. The molecular weight excluding hydrogens is 198 g/mol. The van der Waals surface area contributed by atoms with Crippen molar-refractivity contribution < 1.29 is 0 Å². The lowest BCUT2D eigenvalue weighted by Crippen LogP contribution is -1.97. The number of aromatic amines is 1. The van der Waals surface area contributed by atoms with E-state index in [2.05, 4.69) is 15.3 Å². The van der Waals surface area contributed by atoms with Crippen molar-refractivity contribution in [3.63, 3.8) is 0 Å². The minimum absolute atomic E-state index is 0.603. The molecule has 2 aromatic heterocycles. The van der Waals surface area contributed by atoms with E-state index in [-0.39, 0.29) is 0 Å². The third kappa shape index (κ3) is 1.37. The quantitative estimate of drug-likeness (QED) is 0.760. The van der Waals surface area contributed by atoms with E-state index in [1.807, 2.05) is 30.9 Å². The first-order valence-corrected chi connectivity index (χ1v) is 4.78. The molecule has 0 radical (unpaired) electrons. The van der Waals surface area contributed by atoms with Gasteiger partial charge in [0.15, 0.2) is 10.6 Å². The minimum atomic E-state index is 0.603. The van der Waals surface area contributed by atoms with Crippen LogP contribution in [-0.4, -0.2) is 24.5 Å². The summed E-state index contributed by atoms with van der Waals surface area (Å²) < 4.78 is 4.26. The standard InChI is InChI=1S/C8H11N5S/c1-3-13-5-4-6(11-13)7-9-10-8(14)12(7)2/h4-5H,3H2,1-2H3,(H,10,14). The molecule has 2 heterocycles. The lowest BCUT2D eigenvalue weighted by Gasteiger charge is -1.95. The van der Waals surface area contributed by atoms with Crippen molar-refractivity contribution >= 4 is 12.2 Å². The molecule has 0 saturated carbocycles. The van der Waals surface area contributed by atoms with E-state index >= 15 is 0 Å². The maximum Gasteiger partial charge on any atom is 0.195 e. The van der Waals surface area contributed by atoms with Gasteiger partial charge in [0.1, 0.15) is 5.69 Å². The Morgan fingerprint density at radius 1 is 1.57 bits per heavy atom. The number of nitrogens with one attached hydrogen (secondary N) is 1. The molecule has 0 atom stereocenters. The fourth-order valence-corrected chi connectivity index (χ4v) is 1.37. The topological polar surface area (TPSA) is 51.4 Å². The van der Waals surface area contributed by atoms with Crippen molar-refractivity contribution in [2.45, 2.75) is 13.5 Å². The largest absolute Gasteiger partial charge is 0.302 e. The van der Waals surface area contributed by atoms with Gasteiger partial charge in [-0.15, -0.1) is 0 Å². The van der Waals surface area contributed by atoms with Gasteiger partial charge >= 0.3 is 0 Å². The summed E-state index contributed by atoms with van der Waals surface area (Å²) in [7, 11) is 1.87. The van der Waals surface area contributed by atoms with Gasteiger partial charge in [0, 0.05) is 19.8 Å². The van der Waals surface area contributed by atoms with Gasteiger partial charge in [-0.05, 0) is 25.2 Å². The molecule has 2 rings (SSSR count). The highest BCUT2D eigenvalue weighted by molar-refractivity contribution is 7.71. The molecule has 0 fully saturated rings. The lowest BCUT2D eigenvalue weighted by atomic mass is 10.4. The minimum Gasteiger partial charge on any atom is -0.302 e. The van der Waals surface area contributed by atoms with Gasteiger partial charge in [0.25, 0.3) is 0 Å². The second-order valence-corrected chi connectivity index (χ2v) is 3.35. The number of nitrogens with zero attached hydrogens (tertiary/aromatic N) is 4. The highest BCUT2D eigenvalue weighted by Gasteiger charge is 2.07. The Hall–Kier alpha value is -1.43. The second-order valence-electron chi connectivity index (χ2n) is 2.97. The van der Waals surface area contributed by atoms with Crippen LogP contribution in [0, 0.1) is 4.77 Å². The summed E-state index contributed by atoms with van der Waals surface area (Å²) in [6.07, 6.45) is 1.92. The SMILES string of the molecule is CCn1ccc(-c2n[nH]c(=S)n2C)n1. The molecular formula is C8H11N5S. The third-order valence-corrected chi connectivity index (χ3v) is 2.44. The van der Waals surface area contributed by atoms with Crippen LogP contribution in [0.3, 0.4) is 0 Å². The molecule has 6 heteroatoms. The van der Waals surface area contributed by atoms with Crippen LogP contribution in [0.1, 0.15) is 6.92 Å². The first-order chi connectivity index (χ1) is 6.72. The maximum absolute atomic E-state index is 5.02. The van der Waals surface area contributed by atoms with Crippen LogP contribution >= 0.6 is 12.2 Å². The highest BCUT2D eigenvalue weighted by atomic mass is 32.1. The zero-order valence-electron chi connectivity index (χ0n) is 8.06. The maximum atomic E-state index is 5.02. The second kappa shape index (κ2) is 3.38. The van der Waals surface area contributed by atoms with Crippen LogP contribution in [0.15, 0.2) is 12.3 Å². The molecule has 0 unspecified atom stereocenters. The first kappa shape index (κ1) is 9.14. The van der Waals surface area contributed by atoms with E-state index in [9.17, 15) is 0 Å². The van der Waals surface area contributed by atoms with E-state index in [4.69, 9.17) is 12.2 Å². The van der Waals surface area contributed by atoms with Gasteiger partial charge in [0.2, 0.25) is 0 Å². The smallest absolute Gasteiger partial charge is 0.195 e. The highest BCUT2D eigenvalue weighted by Crippen LogP contribution is 2.12. The van der Waals surface area contributed by atoms with Crippen LogP contribution in [0.5, 0.6) is 0 Å². The van der Waals surface area contributed by atoms with Crippen molar-refractivity contribution in [1.29, 1.82) is 0 Å². The normalized spacial score (nSPS) is 10.7. The van der Waals surface area contributed by atoms with Gasteiger partial charge in [-0.25, -0.2) is 0 Å². The predicted molar refractivity (Wildman–Crippen MR) is 55.3 cm³/mol. The number of H-pyrrole nitrogens is 1. The Balaban J connectivity index is 2.49. The molecule has 0 aliphatic carbocycles. The molecule has 2 aromatic rings. The summed E-state index contributed by atoms with van der Waals surface area (Å²) in [5, 5.41) is 11.2. The number of rotatable bonds is 2. The Bertz CT molecular complexity index is 492. The number of hydrogen-bond donors (Lipinski definition) is 1. The fourth-order valence-electron chi connectivity index (χ4n) is 1.23. The van der Waals surface area contributed by atoms with Gasteiger partial charge in [-0.1, -0.05) is 0 Å². The van der Waals surface area contributed by atoms with Gasteiger partial charge < -0.3 is 4.57 Å². The molecule has 0 aliphatic rings. The van der Waals surface area contributed by atoms with Crippen molar-refractivity contribution in [2.24, 2.45) is 7.05 Å². The summed E-state index contributed by atoms with van der Waals surface area (Å²) in [6, 6.07) is 1.93.